The fourth-order valence-electron chi connectivity index (χ4n) is 2.87. The minimum Gasteiger partial charge on any atom is -0.382 e. The normalized spacial score (nSPS) is 11.8. The quantitative estimate of drug-likeness (QED) is 0.436. The highest BCUT2D eigenvalue weighted by atomic mass is 32.2. The summed E-state index contributed by atoms with van der Waals surface area (Å²) in [4.78, 5) is 4.39. The van der Waals surface area contributed by atoms with Crippen molar-refractivity contribution < 1.29 is 8.42 Å². The van der Waals surface area contributed by atoms with E-state index in [1.54, 1.807) is 18.3 Å². The van der Waals surface area contributed by atoms with Crippen molar-refractivity contribution in [3.63, 3.8) is 0 Å². The summed E-state index contributed by atoms with van der Waals surface area (Å²) in [6.45, 7) is 4.67. The van der Waals surface area contributed by atoms with Crippen molar-refractivity contribution in [2.45, 2.75) is 24.2 Å². The summed E-state index contributed by atoms with van der Waals surface area (Å²) in [5.41, 5.74) is 7.77. The molecule has 0 amide bonds. The molecule has 1 heterocycles. The van der Waals surface area contributed by atoms with Gasteiger partial charge in [0.2, 0.25) is 0 Å². The highest BCUT2D eigenvalue weighted by Gasteiger charge is 2.09. The lowest BCUT2D eigenvalue weighted by Gasteiger charge is -2.14. The SMILES string of the molecule is CC(CNCCCNc1cccnc1N)c1ccc(S(C)(=O)=O)cc1.c1ccccc1. The first-order valence-corrected chi connectivity index (χ1v) is 12.2. The van der Waals surface area contributed by atoms with Gasteiger partial charge in [-0.15, -0.1) is 0 Å². The molecule has 2 aromatic carbocycles. The minimum absolute atomic E-state index is 0.315. The fraction of sp³-hybridized carbons (Fsp3) is 0.292. The lowest BCUT2D eigenvalue weighted by atomic mass is 10.0. The molecule has 1 unspecified atom stereocenters. The van der Waals surface area contributed by atoms with Crippen molar-refractivity contribution >= 4 is 21.3 Å². The molecule has 166 valence electrons. The number of sulfone groups is 1. The first-order valence-electron chi connectivity index (χ1n) is 10.3. The van der Waals surface area contributed by atoms with Crippen LogP contribution in [0.4, 0.5) is 11.5 Å². The molecule has 1 atom stereocenters. The van der Waals surface area contributed by atoms with Gasteiger partial charge in [0.1, 0.15) is 5.82 Å². The van der Waals surface area contributed by atoms with E-state index < -0.39 is 9.84 Å². The van der Waals surface area contributed by atoms with Gasteiger partial charge in [0.05, 0.1) is 10.6 Å². The van der Waals surface area contributed by atoms with Crippen LogP contribution < -0.4 is 16.4 Å². The maximum absolute atomic E-state index is 11.5. The number of benzene rings is 2. The number of pyridine rings is 1. The molecule has 0 saturated heterocycles. The fourth-order valence-corrected chi connectivity index (χ4v) is 3.50. The predicted octanol–water partition coefficient (Wildman–Crippen LogP) is 3.95. The molecule has 6 nitrogen and oxygen atoms in total. The lowest BCUT2D eigenvalue weighted by Crippen LogP contribution is -2.23. The summed E-state index contributed by atoms with van der Waals surface area (Å²) < 4.78 is 23.0. The van der Waals surface area contributed by atoms with Crippen molar-refractivity contribution in [3.05, 3.63) is 84.6 Å². The van der Waals surface area contributed by atoms with Gasteiger partial charge in [0, 0.05) is 25.5 Å². The van der Waals surface area contributed by atoms with E-state index in [2.05, 4.69) is 22.5 Å². The molecule has 1 aromatic heterocycles. The van der Waals surface area contributed by atoms with Crippen molar-refractivity contribution in [2.24, 2.45) is 0 Å². The molecule has 0 aliphatic heterocycles. The van der Waals surface area contributed by atoms with Crippen LogP contribution in [0.1, 0.15) is 24.8 Å². The molecule has 0 spiro atoms. The molecule has 0 aliphatic rings. The number of aromatic nitrogens is 1. The second-order valence-electron chi connectivity index (χ2n) is 7.32. The summed E-state index contributed by atoms with van der Waals surface area (Å²) in [5, 5.41) is 6.69. The number of nitrogens with two attached hydrogens (primary N) is 1. The van der Waals surface area contributed by atoms with E-state index in [9.17, 15) is 8.42 Å². The zero-order valence-electron chi connectivity index (χ0n) is 18.2. The van der Waals surface area contributed by atoms with Crippen LogP contribution in [0.15, 0.2) is 83.9 Å². The van der Waals surface area contributed by atoms with Gasteiger partial charge in [-0.3, -0.25) is 0 Å². The smallest absolute Gasteiger partial charge is 0.175 e. The molecule has 0 saturated carbocycles. The predicted molar refractivity (Wildman–Crippen MR) is 129 cm³/mol. The molecule has 7 heteroatoms. The van der Waals surface area contributed by atoms with E-state index in [-0.39, 0.29) is 0 Å². The summed E-state index contributed by atoms with van der Waals surface area (Å²) >= 11 is 0. The summed E-state index contributed by atoms with van der Waals surface area (Å²) in [7, 11) is -3.13. The van der Waals surface area contributed by atoms with E-state index in [1.165, 1.54) is 6.26 Å². The van der Waals surface area contributed by atoms with Crippen molar-refractivity contribution in [1.29, 1.82) is 0 Å². The molecule has 0 radical (unpaired) electrons. The second kappa shape index (κ2) is 12.7. The van der Waals surface area contributed by atoms with Crippen molar-refractivity contribution in [1.82, 2.24) is 10.3 Å². The Morgan fingerprint density at radius 3 is 2.10 bits per heavy atom. The highest BCUT2D eigenvalue weighted by Crippen LogP contribution is 2.17. The Bertz CT molecular complexity index is 967. The maximum Gasteiger partial charge on any atom is 0.175 e. The zero-order chi connectivity index (χ0) is 22.5. The average molecular weight is 441 g/mol. The monoisotopic (exact) mass is 440 g/mol. The van der Waals surface area contributed by atoms with E-state index in [0.717, 1.165) is 37.3 Å². The number of nitrogens with zero attached hydrogens (tertiary/aromatic N) is 1. The molecule has 4 N–H and O–H groups in total. The van der Waals surface area contributed by atoms with Crippen molar-refractivity contribution in [2.75, 3.05) is 36.9 Å². The van der Waals surface area contributed by atoms with Crippen LogP contribution in [-0.4, -0.2) is 39.3 Å². The zero-order valence-corrected chi connectivity index (χ0v) is 19.0. The van der Waals surface area contributed by atoms with Crippen LogP contribution in [0.25, 0.3) is 0 Å². The van der Waals surface area contributed by atoms with E-state index in [1.807, 2.05) is 60.7 Å². The lowest BCUT2D eigenvalue weighted by molar-refractivity contribution is 0.599. The standard InChI is InChI=1S/C18H26N4O2S.C6H6/c1-14(15-6-8-16(9-7-15)25(2,23)24)13-20-10-4-12-21-17-5-3-11-22-18(17)19;1-2-4-6-5-3-1/h3,5-9,11,14,20-21H,4,10,12-13H2,1-2H3,(H2,19,22);1-6H. The van der Waals surface area contributed by atoms with Crippen molar-refractivity contribution in [3.8, 4) is 0 Å². The molecule has 31 heavy (non-hydrogen) atoms. The van der Waals surface area contributed by atoms with Gasteiger partial charge >= 0.3 is 0 Å². The van der Waals surface area contributed by atoms with Gasteiger partial charge in [0.15, 0.2) is 9.84 Å². The van der Waals surface area contributed by atoms with Gasteiger partial charge in [0.25, 0.3) is 0 Å². The third kappa shape index (κ3) is 9.19. The Morgan fingerprint density at radius 1 is 0.935 bits per heavy atom. The minimum atomic E-state index is -3.13. The molecular formula is C24H32N4O2S. The Morgan fingerprint density at radius 2 is 1.55 bits per heavy atom. The van der Waals surface area contributed by atoms with Crippen LogP contribution in [0.2, 0.25) is 0 Å². The van der Waals surface area contributed by atoms with Crippen LogP contribution in [-0.2, 0) is 9.84 Å². The molecule has 0 aliphatic carbocycles. The molecular weight excluding hydrogens is 408 g/mol. The second-order valence-corrected chi connectivity index (χ2v) is 9.33. The summed E-state index contributed by atoms with van der Waals surface area (Å²) in [6.07, 6.45) is 3.86. The highest BCUT2D eigenvalue weighted by molar-refractivity contribution is 7.90. The van der Waals surface area contributed by atoms with Gasteiger partial charge in [-0.25, -0.2) is 13.4 Å². The van der Waals surface area contributed by atoms with Gasteiger partial charge in [-0.2, -0.15) is 0 Å². The third-order valence-electron chi connectivity index (χ3n) is 4.68. The first kappa shape index (κ1) is 24.4. The average Bonchev–Trinajstić information content (AvgIpc) is 2.78. The molecule has 0 bridgehead atoms. The van der Waals surface area contributed by atoms with Crippen LogP contribution in [0, 0.1) is 0 Å². The van der Waals surface area contributed by atoms with E-state index in [0.29, 0.717) is 16.6 Å². The van der Waals surface area contributed by atoms with Gasteiger partial charge in [-0.1, -0.05) is 55.5 Å². The number of nitrogens with one attached hydrogen (secondary N) is 2. The summed E-state index contributed by atoms with van der Waals surface area (Å²) in [6, 6.07) is 22.9. The van der Waals surface area contributed by atoms with E-state index >= 15 is 0 Å². The third-order valence-corrected chi connectivity index (χ3v) is 5.81. The first-order chi connectivity index (χ1) is 14.9. The maximum atomic E-state index is 11.5. The number of rotatable bonds is 9. The Balaban J connectivity index is 0.000000488. The van der Waals surface area contributed by atoms with Gasteiger partial charge in [-0.05, 0) is 48.7 Å². The van der Waals surface area contributed by atoms with Crippen LogP contribution >= 0.6 is 0 Å². The summed E-state index contributed by atoms with van der Waals surface area (Å²) in [5.74, 6) is 0.831. The van der Waals surface area contributed by atoms with Crippen LogP contribution in [0.5, 0.6) is 0 Å². The Hall–Kier alpha value is -2.90. The number of hydrogen-bond acceptors (Lipinski definition) is 6. The van der Waals surface area contributed by atoms with Crippen LogP contribution in [0.3, 0.4) is 0 Å². The molecule has 3 rings (SSSR count). The Kier molecular flexibility index (Phi) is 10.00. The number of anilines is 2. The molecule has 3 aromatic rings. The topological polar surface area (TPSA) is 97.1 Å². The Labute approximate surface area is 185 Å². The number of hydrogen-bond donors (Lipinski definition) is 3. The van der Waals surface area contributed by atoms with E-state index in [4.69, 9.17) is 5.73 Å². The molecule has 0 fully saturated rings. The van der Waals surface area contributed by atoms with Gasteiger partial charge < -0.3 is 16.4 Å². The largest absolute Gasteiger partial charge is 0.382 e. The number of nitrogen functional groups attached to an aromatic ring is 1.